The topological polar surface area (TPSA) is 59.6 Å². The zero-order valence-corrected chi connectivity index (χ0v) is 16.1. The Balaban J connectivity index is 1.96. The van der Waals surface area contributed by atoms with Crippen molar-refractivity contribution >= 4 is 28.9 Å². The molecule has 0 aliphatic heterocycles. The summed E-state index contributed by atoms with van der Waals surface area (Å²) in [5, 5.41) is 5.90. The Bertz CT molecular complexity index is 745. The molecule has 0 fully saturated rings. The Morgan fingerprint density at radius 1 is 1.08 bits per heavy atom. The minimum absolute atomic E-state index is 0.212. The van der Waals surface area contributed by atoms with Gasteiger partial charge in [-0.15, -0.1) is 0 Å². The van der Waals surface area contributed by atoms with Crippen LogP contribution in [0.1, 0.15) is 31.1 Å². The molecule has 6 heteroatoms. The number of rotatable bonds is 7. The van der Waals surface area contributed by atoms with Gasteiger partial charge in [-0.2, -0.15) is 0 Å². The van der Waals surface area contributed by atoms with Crippen LogP contribution in [-0.4, -0.2) is 24.2 Å². The second-order valence-electron chi connectivity index (χ2n) is 6.07. The minimum atomic E-state index is -0.286. The van der Waals surface area contributed by atoms with Crippen molar-refractivity contribution in [2.24, 2.45) is 5.92 Å². The number of amides is 1. The van der Waals surface area contributed by atoms with Crippen LogP contribution in [0, 0.1) is 5.92 Å². The fourth-order valence-corrected chi connectivity index (χ4v) is 2.35. The molecular weight excluding hydrogens is 348 g/mol. The molecule has 2 N–H and O–H groups in total. The van der Waals surface area contributed by atoms with E-state index in [1.165, 1.54) is 0 Å². The van der Waals surface area contributed by atoms with Crippen molar-refractivity contribution in [3.63, 3.8) is 0 Å². The van der Waals surface area contributed by atoms with E-state index in [4.69, 9.17) is 21.7 Å². The zero-order valence-electron chi connectivity index (χ0n) is 15.2. The van der Waals surface area contributed by atoms with Crippen LogP contribution < -0.4 is 20.1 Å². The quantitative estimate of drug-likeness (QED) is 0.712. The van der Waals surface area contributed by atoms with Gasteiger partial charge in [-0.1, -0.05) is 26.0 Å². The third-order valence-corrected chi connectivity index (χ3v) is 3.57. The molecule has 0 spiro atoms. The lowest BCUT2D eigenvalue weighted by atomic mass is 10.2. The van der Waals surface area contributed by atoms with Crippen LogP contribution in [-0.2, 0) is 0 Å². The maximum atomic E-state index is 12.3. The fourth-order valence-electron chi connectivity index (χ4n) is 2.15. The van der Waals surface area contributed by atoms with Gasteiger partial charge in [0.2, 0.25) is 0 Å². The Morgan fingerprint density at radius 2 is 1.77 bits per heavy atom. The molecule has 138 valence electrons. The third kappa shape index (κ3) is 6.04. The molecule has 0 radical (unpaired) electrons. The standard InChI is InChI=1S/C20H24N2O3S/c1-4-24-16-11-9-15(10-12-16)19(23)22-20(26)21-17-7-5-6-8-18(17)25-13-14(2)3/h5-12,14H,4,13H2,1-3H3,(H2,21,22,23,26). The van der Waals surface area contributed by atoms with Crippen molar-refractivity contribution in [1.82, 2.24) is 5.32 Å². The van der Waals surface area contributed by atoms with E-state index in [2.05, 4.69) is 24.5 Å². The highest BCUT2D eigenvalue weighted by Gasteiger charge is 2.10. The number of para-hydroxylation sites is 2. The molecule has 2 aromatic carbocycles. The van der Waals surface area contributed by atoms with Crippen molar-refractivity contribution < 1.29 is 14.3 Å². The molecule has 0 unspecified atom stereocenters. The first-order valence-corrected chi connectivity index (χ1v) is 8.97. The summed E-state index contributed by atoms with van der Waals surface area (Å²) in [5.74, 6) is 1.54. The van der Waals surface area contributed by atoms with Gasteiger partial charge < -0.3 is 14.8 Å². The summed E-state index contributed by atoms with van der Waals surface area (Å²) >= 11 is 5.25. The maximum Gasteiger partial charge on any atom is 0.257 e. The van der Waals surface area contributed by atoms with Crippen molar-refractivity contribution in [3.8, 4) is 11.5 Å². The van der Waals surface area contributed by atoms with E-state index in [1.54, 1.807) is 24.3 Å². The number of benzene rings is 2. The summed E-state index contributed by atoms with van der Waals surface area (Å²) in [7, 11) is 0. The second-order valence-corrected chi connectivity index (χ2v) is 6.47. The molecule has 26 heavy (non-hydrogen) atoms. The predicted molar refractivity (Wildman–Crippen MR) is 108 cm³/mol. The van der Waals surface area contributed by atoms with Crippen LogP contribution in [0.15, 0.2) is 48.5 Å². The highest BCUT2D eigenvalue weighted by atomic mass is 32.1. The first kappa shape index (κ1) is 19.7. The SMILES string of the molecule is CCOc1ccc(C(=O)NC(=S)Nc2ccccc2OCC(C)C)cc1. The lowest BCUT2D eigenvalue weighted by molar-refractivity contribution is 0.0977. The van der Waals surface area contributed by atoms with Gasteiger partial charge >= 0.3 is 0 Å². The normalized spacial score (nSPS) is 10.3. The van der Waals surface area contributed by atoms with Crippen molar-refractivity contribution in [2.75, 3.05) is 18.5 Å². The molecule has 0 saturated heterocycles. The lowest BCUT2D eigenvalue weighted by Gasteiger charge is -2.15. The van der Waals surface area contributed by atoms with E-state index < -0.39 is 0 Å². The number of nitrogens with one attached hydrogen (secondary N) is 2. The van der Waals surface area contributed by atoms with Crippen LogP contribution in [0.4, 0.5) is 5.69 Å². The summed E-state index contributed by atoms with van der Waals surface area (Å²) in [6, 6.07) is 14.4. The molecule has 0 saturated carbocycles. The van der Waals surface area contributed by atoms with Crippen LogP contribution >= 0.6 is 12.2 Å². The highest BCUT2D eigenvalue weighted by Crippen LogP contribution is 2.24. The fraction of sp³-hybridized carbons (Fsp3) is 0.300. The first-order valence-electron chi connectivity index (χ1n) is 8.56. The Labute approximate surface area is 159 Å². The van der Waals surface area contributed by atoms with Crippen molar-refractivity contribution in [1.29, 1.82) is 0 Å². The summed E-state index contributed by atoms with van der Waals surface area (Å²) in [4.78, 5) is 12.3. The average molecular weight is 372 g/mol. The molecule has 5 nitrogen and oxygen atoms in total. The largest absolute Gasteiger partial charge is 0.494 e. The molecule has 0 bridgehead atoms. The monoisotopic (exact) mass is 372 g/mol. The van der Waals surface area contributed by atoms with E-state index in [0.29, 0.717) is 36.1 Å². The maximum absolute atomic E-state index is 12.3. The van der Waals surface area contributed by atoms with E-state index in [1.807, 2.05) is 31.2 Å². The molecule has 1 amide bonds. The van der Waals surface area contributed by atoms with Gasteiger partial charge in [0.05, 0.1) is 18.9 Å². The van der Waals surface area contributed by atoms with Crippen LogP contribution in [0.2, 0.25) is 0 Å². The van der Waals surface area contributed by atoms with Crippen molar-refractivity contribution in [3.05, 3.63) is 54.1 Å². The predicted octanol–water partition coefficient (Wildman–Crippen LogP) is 4.25. The second kappa shape index (κ2) is 9.77. The lowest BCUT2D eigenvalue weighted by Crippen LogP contribution is -2.34. The Kier molecular flexibility index (Phi) is 7.41. The van der Waals surface area contributed by atoms with E-state index >= 15 is 0 Å². The number of carbonyl (C=O) groups is 1. The minimum Gasteiger partial charge on any atom is -0.494 e. The summed E-state index contributed by atoms with van der Waals surface area (Å²) in [6.45, 7) is 7.25. The van der Waals surface area contributed by atoms with Crippen LogP contribution in [0.3, 0.4) is 0 Å². The molecule has 0 heterocycles. The van der Waals surface area contributed by atoms with E-state index in [-0.39, 0.29) is 11.0 Å². The number of anilines is 1. The van der Waals surface area contributed by atoms with Gasteiger partial charge in [-0.05, 0) is 61.5 Å². The molecule has 0 aromatic heterocycles. The van der Waals surface area contributed by atoms with E-state index in [0.717, 1.165) is 5.75 Å². The molecule has 0 atom stereocenters. The average Bonchev–Trinajstić information content (AvgIpc) is 2.61. The number of hydrogen-bond donors (Lipinski definition) is 2. The number of thiocarbonyl (C=S) groups is 1. The van der Waals surface area contributed by atoms with Gasteiger partial charge in [0.25, 0.3) is 5.91 Å². The van der Waals surface area contributed by atoms with Crippen molar-refractivity contribution in [2.45, 2.75) is 20.8 Å². The molecule has 2 rings (SSSR count). The first-order chi connectivity index (χ1) is 12.5. The number of hydrogen-bond acceptors (Lipinski definition) is 4. The van der Waals surface area contributed by atoms with Gasteiger partial charge in [0.1, 0.15) is 11.5 Å². The van der Waals surface area contributed by atoms with Crippen LogP contribution in [0.25, 0.3) is 0 Å². The van der Waals surface area contributed by atoms with Gasteiger partial charge in [-0.3, -0.25) is 10.1 Å². The third-order valence-electron chi connectivity index (χ3n) is 3.36. The van der Waals surface area contributed by atoms with Gasteiger partial charge in [0, 0.05) is 5.56 Å². The summed E-state index contributed by atoms with van der Waals surface area (Å²) < 4.78 is 11.1. The smallest absolute Gasteiger partial charge is 0.257 e. The number of carbonyl (C=O) groups excluding carboxylic acids is 1. The van der Waals surface area contributed by atoms with Crippen LogP contribution in [0.5, 0.6) is 11.5 Å². The number of ether oxygens (including phenoxy) is 2. The molecular formula is C20H24N2O3S. The highest BCUT2D eigenvalue weighted by molar-refractivity contribution is 7.80. The molecule has 0 aliphatic carbocycles. The summed E-state index contributed by atoms with van der Waals surface area (Å²) in [6.07, 6.45) is 0. The van der Waals surface area contributed by atoms with Gasteiger partial charge in [-0.25, -0.2) is 0 Å². The Morgan fingerprint density at radius 3 is 2.42 bits per heavy atom. The summed E-state index contributed by atoms with van der Waals surface area (Å²) in [5.41, 5.74) is 1.21. The Hall–Kier alpha value is -2.60. The zero-order chi connectivity index (χ0) is 18.9. The molecule has 0 aliphatic rings. The van der Waals surface area contributed by atoms with E-state index in [9.17, 15) is 4.79 Å². The molecule has 2 aromatic rings. The van der Waals surface area contributed by atoms with Gasteiger partial charge in [0.15, 0.2) is 5.11 Å².